The van der Waals surface area contributed by atoms with Crippen molar-refractivity contribution in [1.29, 1.82) is 0 Å². The van der Waals surface area contributed by atoms with Gasteiger partial charge in [-0.3, -0.25) is 14.4 Å². The highest BCUT2D eigenvalue weighted by molar-refractivity contribution is 6.58. The maximum atomic E-state index is 14.7. The van der Waals surface area contributed by atoms with E-state index in [1.54, 1.807) is 20.8 Å². The summed E-state index contributed by atoms with van der Waals surface area (Å²) in [6.07, 6.45) is -0.230. The van der Waals surface area contributed by atoms with E-state index in [4.69, 9.17) is 10.5 Å². The van der Waals surface area contributed by atoms with Gasteiger partial charge in [0.25, 0.3) is 5.91 Å². The minimum atomic E-state index is -2.04. The van der Waals surface area contributed by atoms with Crippen LogP contribution in [0, 0.1) is 5.82 Å². The normalized spacial score (nSPS) is 17.3. The molecule has 0 radical (unpaired) electrons. The third kappa shape index (κ3) is 4.33. The van der Waals surface area contributed by atoms with E-state index in [1.165, 1.54) is 13.0 Å². The van der Waals surface area contributed by atoms with Crippen molar-refractivity contribution in [3.63, 3.8) is 0 Å². The zero-order valence-electron chi connectivity index (χ0n) is 16.2. The molecule has 1 aliphatic rings. The first kappa shape index (κ1) is 21.8. The van der Waals surface area contributed by atoms with Crippen molar-refractivity contribution in [3.8, 4) is 0 Å². The molecule has 0 fully saturated rings. The quantitative estimate of drug-likeness (QED) is 0.460. The molecule has 10 heteroatoms. The molecule has 2 rings (SSSR count). The highest BCUT2D eigenvalue weighted by Crippen LogP contribution is 2.37. The highest BCUT2D eigenvalue weighted by Gasteiger charge is 2.43. The lowest BCUT2D eigenvalue weighted by Crippen LogP contribution is -2.46. The second-order valence-electron chi connectivity index (χ2n) is 7.74. The molecule has 0 bridgehead atoms. The summed E-state index contributed by atoms with van der Waals surface area (Å²) in [6, 6.07) is 0.354. The molecule has 0 spiro atoms. The summed E-state index contributed by atoms with van der Waals surface area (Å²) >= 11 is 0. The van der Waals surface area contributed by atoms with Gasteiger partial charge in [-0.1, -0.05) is 6.07 Å². The van der Waals surface area contributed by atoms with Gasteiger partial charge >= 0.3 is 13.1 Å². The van der Waals surface area contributed by atoms with Gasteiger partial charge < -0.3 is 25.4 Å². The molecular weight excluding hydrogens is 370 g/mol. The van der Waals surface area contributed by atoms with Crippen LogP contribution in [0.4, 0.5) is 4.39 Å². The summed E-state index contributed by atoms with van der Waals surface area (Å²) in [5.41, 5.74) is 4.35. The molecule has 152 valence electrons. The Bertz CT molecular complexity index is 808. The lowest BCUT2D eigenvalue weighted by atomic mass is 9.78. The summed E-state index contributed by atoms with van der Waals surface area (Å²) in [7, 11) is -2.04. The first-order valence-electron chi connectivity index (χ1n) is 8.87. The van der Waals surface area contributed by atoms with Crippen molar-refractivity contribution in [1.82, 2.24) is 4.90 Å². The Labute approximate surface area is 162 Å². The minimum Gasteiger partial charge on any atom is -0.460 e. The number of nitrogens with zero attached hydrogens (tertiary/aromatic N) is 1. The molecule has 0 saturated heterocycles. The largest absolute Gasteiger partial charge is 0.491 e. The Morgan fingerprint density at radius 2 is 1.96 bits per heavy atom. The molecule has 1 heterocycles. The van der Waals surface area contributed by atoms with Gasteiger partial charge in [0.05, 0.1) is 6.04 Å². The minimum absolute atomic E-state index is 0.0120. The summed E-state index contributed by atoms with van der Waals surface area (Å²) in [5, 5.41) is 18.6. The van der Waals surface area contributed by atoms with E-state index >= 15 is 0 Å². The van der Waals surface area contributed by atoms with Crippen LogP contribution < -0.4 is 11.2 Å². The van der Waals surface area contributed by atoms with E-state index < -0.39 is 48.4 Å². The first-order chi connectivity index (χ1) is 12.8. The molecule has 4 N–H and O–H groups in total. The average molecular weight is 394 g/mol. The lowest BCUT2D eigenvalue weighted by molar-refractivity contribution is -0.155. The maximum Gasteiger partial charge on any atom is 0.491 e. The van der Waals surface area contributed by atoms with E-state index in [-0.39, 0.29) is 29.4 Å². The van der Waals surface area contributed by atoms with Crippen LogP contribution in [-0.4, -0.2) is 51.5 Å². The number of primary amides is 1. The fourth-order valence-corrected chi connectivity index (χ4v) is 3.34. The van der Waals surface area contributed by atoms with E-state index in [2.05, 4.69) is 0 Å². The van der Waals surface area contributed by atoms with Crippen molar-refractivity contribution in [2.75, 3.05) is 0 Å². The third-order valence-corrected chi connectivity index (χ3v) is 4.49. The molecule has 2 unspecified atom stereocenters. The number of rotatable bonds is 6. The zero-order valence-corrected chi connectivity index (χ0v) is 16.2. The van der Waals surface area contributed by atoms with Crippen molar-refractivity contribution in [2.24, 2.45) is 5.73 Å². The van der Waals surface area contributed by atoms with E-state index in [0.29, 0.717) is 0 Å². The molecule has 0 aromatic heterocycles. The molecule has 1 aromatic carbocycles. The van der Waals surface area contributed by atoms with Gasteiger partial charge in [-0.25, -0.2) is 4.39 Å². The fourth-order valence-electron chi connectivity index (χ4n) is 3.34. The molecule has 0 saturated carbocycles. The summed E-state index contributed by atoms with van der Waals surface area (Å²) in [4.78, 5) is 37.8. The van der Waals surface area contributed by atoms with Crippen LogP contribution in [-0.2, 0) is 14.3 Å². The van der Waals surface area contributed by atoms with Crippen molar-refractivity contribution >= 4 is 30.4 Å². The van der Waals surface area contributed by atoms with Crippen molar-refractivity contribution in [3.05, 3.63) is 29.1 Å². The second-order valence-corrected chi connectivity index (χ2v) is 7.74. The smallest absolute Gasteiger partial charge is 0.460 e. The van der Waals surface area contributed by atoms with Gasteiger partial charge in [-0.15, -0.1) is 0 Å². The average Bonchev–Trinajstić information content (AvgIpc) is 2.78. The Kier molecular flexibility index (Phi) is 6.15. The molecule has 0 aliphatic carbocycles. The molecule has 1 aromatic rings. The number of amides is 2. The number of carbonyl (C=O) groups excluding carboxylic acids is 3. The number of halogens is 1. The van der Waals surface area contributed by atoms with E-state index in [9.17, 15) is 28.8 Å². The Morgan fingerprint density at radius 1 is 1.36 bits per heavy atom. The highest BCUT2D eigenvalue weighted by atomic mass is 19.1. The van der Waals surface area contributed by atoms with Crippen LogP contribution in [0.5, 0.6) is 0 Å². The van der Waals surface area contributed by atoms with Gasteiger partial charge in [-0.05, 0) is 40.2 Å². The number of esters is 1. The van der Waals surface area contributed by atoms with Crippen LogP contribution in [0.2, 0.25) is 0 Å². The molecule has 2 atom stereocenters. The van der Waals surface area contributed by atoms with Gasteiger partial charge in [0, 0.05) is 23.0 Å². The van der Waals surface area contributed by atoms with Gasteiger partial charge in [0.2, 0.25) is 5.91 Å². The topological polar surface area (TPSA) is 130 Å². The zero-order chi connectivity index (χ0) is 21.4. The first-order valence-corrected chi connectivity index (χ1v) is 8.87. The van der Waals surface area contributed by atoms with Crippen LogP contribution >= 0.6 is 0 Å². The number of hydrogen-bond acceptors (Lipinski definition) is 6. The molecule has 1 aliphatic heterocycles. The number of hydrogen-bond donors (Lipinski definition) is 3. The maximum absolute atomic E-state index is 14.7. The standard InChI is InChI=1S/C18H24BFN2O6/c1-9-14-10(5-6-11(15(14)20)19(26)27)17(25)22(9)12(16(21)24)7-8-13(23)28-18(2,3)4/h5-6,9,12,26-27H,7-8H2,1-4H3,(H2,21,24). The number of carbonyl (C=O) groups is 3. The lowest BCUT2D eigenvalue weighted by Gasteiger charge is -2.30. The second kappa shape index (κ2) is 7.88. The van der Waals surface area contributed by atoms with Crippen molar-refractivity contribution in [2.45, 2.75) is 58.2 Å². The Hall–Kier alpha value is -2.46. The van der Waals surface area contributed by atoms with Crippen LogP contribution in [0.3, 0.4) is 0 Å². The summed E-state index contributed by atoms with van der Waals surface area (Å²) < 4.78 is 19.9. The Balaban J connectivity index is 2.29. The monoisotopic (exact) mass is 394 g/mol. The van der Waals surface area contributed by atoms with Crippen LogP contribution in [0.1, 0.15) is 62.5 Å². The SMILES string of the molecule is CC1c2c(ccc(B(O)O)c2F)C(=O)N1C(CCC(=O)OC(C)(C)C)C(N)=O. The predicted octanol–water partition coefficient (Wildman–Crippen LogP) is -0.00190. The van der Waals surface area contributed by atoms with E-state index in [1.807, 2.05) is 0 Å². The third-order valence-electron chi connectivity index (χ3n) is 4.49. The summed E-state index contributed by atoms with van der Waals surface area (Å²) in [6.45, 7) is 6.61. The van der Waals surface area contributed by atoms with Crippen LogP contribution in [0.25, 0.3) is 0 Å². The summed E-state index contributed by atoms with van der Waals surface area (Å²) in [5.74, 6) is -2.92. The molecular formula is C18H24BFN2O6. The number of fused-ring (bicyclic) bond motifs is 1. The number of nitrogens with two attached hydrogens (primary N) is 1. The number of benzene rings is 1. The van der Waals surface area contributed by atoms with Crippen molar-refractivity contribution < 1.29 is 33.6 Å². The van der Waals surface area contributed by atoms with E-state index in [0.717, 1.165) is 11.0 Å². The number of ether oxygens (including phenoxy) is 1. The van der Waals surface area contributed by atoms with Crippen LogP contribution in [0.15, 0.2) is 12.1 Å². The molecule has 28 heavy (non-hydrogen) atoms. The molecule has 8 nitrogen and oxygen atoms in total. The molecule has 2 amide bonds. The Morgan fingerprint density at radius 3 is 2.46 bits per heavy atom. The van der Waals surface area contributed by atoms with Gasteiger partial charge in [-0.2, -0.15) is 0 Å². The predicted molar refractivity (Wildman–Crippen MR) is 98.9 cm³/mol. The fraction of sp³-hybridized carbons (Fsp3) is 0.500. The van der Waals surface area contributed by atoms with Gasteiger partial charge in [0.15, 0.2) is 0 Å². The van der Waals surface area contributed by atoms with Gasteiger partial charge in [0.1, 0.15) is 17.5 Å².